The Hall–Kier alpha value is -3.11. The van der Waals surface area contributed by atoms with Gasteiger partial charge in [0.05, 0.1) is 41.6 Å². The predicted molar refractivity (Wildman–Crippen MR) is 172 cm³/mol. The first-order valence-electron chi connectivity index (χ1n) is 14.1. The zero-order valence-corrected chi connectivity index (χ0v) is 26.3. The molecule has 1 N–H and O–H groups in total. The largest absolute Gasteiger partial charge is 0.465 e. The molecular weight excluding hydrogens is 610 g/mol. The number of halogens is 3. The van der Waals surface area contributed by atoms with Crippen molar-refractivity contribution in [2.45, 2.75) is 37.8 Å². The van der Waals surface area contributed by atoms with E-state index in [2.05, 4.69) is 21.5 Å². The topological polar surface area (TPSA) is 76.5 Å². The molecule has 0 bridgehead atoms. The minimum atomic E-state index is -0.463. The number of nitrogens with one attached hydrogen (secondary N) is 1. The summed E-state index contributed by atoms with van der Waals surface area (Å²) in [6, 6.07) is 15.7. The number of anilines is 1. The van der Waals surface area contributed by atoms with Crippen LogP contribution in [0.1, 0.15) is 46.7 Å². The van der Waals surface area contributed by atoms with Gasteiger partial charge in [-0.25, -0.2) is 14.2 Å². The summed E-state index contributed by atoms with van der Waals surface area (Å²) in [5.41, 5.74) is 3.86. The highest BCUT2D eigenvalue weighted by Gasteiger charge is 2.31. The summed E-state index contributed by atoms with van der Waals surface area (Å²) < 4.78 is 22.5. The average molecular weight is 644 g/mol. The van der Waals surface area contributed by atoms with Gasteiger partial charge in [-0.2, -0.15) is 11.8 Å². The van der Waals surface area contributed by atoms with Gasteiger partial charge in [-0.05, 0) is 85.3 Å². The van der Waals surface area contributed by atoms with Crippen molar-refractivity contribution in [3.8, 4) is 0 Å². The number of ether oxygens (including phenoxy) is 1. The summed E-state index contributed by atoms with van der Waals surface area (Å²) in [7, 11) is 1.35. The number of nitrogens with zero attached hydrogens (tertiary/aromatic N) is 3. The van der Waals surface area contributed by atoms with Gasteiger partial charge in [0.2, 0.25) is 5.91 Å². The van der Waals surface area contributed by atoms with Crippen LogP contribution in [-0.4, -0.2) is 64.6 Å². The molecule has 5 rings (SSSR count). The van der Waals surface area contributed by atoms with Gasteiger partial charge in [0.15, 0.2) is 0 Å². The molecule has 0 saturated carbocycles. The second-order valence-corrected chi connectivity index (χ2v) is 12.4. The van der Waals surface area contributed by atoms with Crippen molar-refractivity contribution in [3.63, 3.8) is 0 Å². The molecule has 0 aliphatic carbocycles. The lowest BCUT2D eigenvalue weighted by Gasteiger charge is -2.33. The van der Waals surface area contributed by atoms with E-state index in [1.807, 2.05) is 16.7 Å². The van der Waals surface area contributed by atoms with Gasteiger partial charge in [-0.15, -0.1) is 0 Å². The molecule has 3 aromatic carbocycles. The maximum absolute atomic E-state index is 15.6. The van der Waals surface area contributed by atoms with Crippen LogP contribution < -0.4 is 5.32 Å². The lowest BCUT2D eigenvalue weighted by Crippen LogP contribution is -2.42. The average Bonchev–Trinajstić information content (AvgIpc) is 3.42. The van der Waals surface area contributed by atoms with Crippen molar-refractivity contribution in [2.24, 2.45) is 0 Å². The number of thioether (sulfide) groups is 1. The molecule has 7 nitrogen and oxygen atoms in total. The van der Waals surface area contributed by atoms with Crippen molar-refractivity contribution in [1.82, 2.24) is 14.5 Å². The quantitative estimate of drug-likeness (QED) is 0.153. The standard InChI is InChI=1S/C32H33Cl2FN4O3S/c1-42-32(41)20-7-10-29-28(15-20)36-19-39(29)13-11-22-17-25(24-5-3-6-26(34)31(24)35)23-9-8-21(33)16-27(23)37-30(40)18-38(22)12-4-14-43-2/h3,5-10,15-16,19,22,25H,4,11-14,17-18H2,1-2H3,(H,37,40)/t22-,25?/m0/s1. The van der Waals surface area contributed by atoms with Gasteiger partial charge in [-0.3, -0.25) is 9.69 Å². The second kappa shape index (κ2) is 14.1. The maximum Gasteiger partial charge on any atom is 0.337 e. The van der Waals surface area contributed by atoms with E-state index in [1.165, 1.54) is 7.11 Å². The Balaban J connectivity index is 1.53. The number of hydrogen-bond acceptors (Lipinski definition) is 6. The first kappa shape index (κ1) is 31.3. The first-order valence-corrected chi connectivity index (χ1v) is 16.2. The second-order valence-electron chi connectivity index (χ2n) is 10.6. The Morgan fingerprint density at radius 1 is 1.14 bits per heavy atom. The Morgan fingerprint density at radius 2 is 1.98 bits per heavy atom. The summed E-state index contributed by atoms with van der Waals surface area (Å²) in [4.78, 5) is 32.1. The number of esters is 1. The van der Waals surface area contributed by atoms with Gasteiger partial charge < -0.3 is 14.6 Å². The molecule has 1 aliphatic heterocycles. The number of carbonyl (C=O) groups excluding carboxylic acids is 2. The molecule has 4 aromatic rings. The molecule has 1 unspecified atom stereocenters. The smallest absolute Gasteiger partial charge is 0.337 e. The van der Waals surface area contributed by atoms with E-state index < -0.39 is 11.8 Å². The summed E-state index contributed by atoms with van der Waals surface area (Å²) in [5, 5.41) is 3.59. The van der Waals surface area contributed by atoms with Crippen LogP contribution in [0.25, 0.3) is 11.0 Å². The number of amides is 1. The molecular formula is C32H33Cl2FN4O3S. The highest BCUT2D eigenvalue weighted by Crippen LogP contribution is 2.40. The number of aryl methyl sites for hydroxylation is 1. The molecule has 43 heavy (non-hydrogen) atoms. The van der Waals surface area contributed by atoms with E-state index >= 15 is 4.39 Å². The van der Waals surface area contributed by atoms with Crippen molar-refractivity contribution in [3.05, 3.63) is 93.5 Å². The minimum Gasteiger partial charge on any atom is -0.465 e. The fraction of sp³-hybridized carbons (Fsp3) is 0.344. The van der Waals surface area contributed by atoms with E-state index in [1.54, 1.807) is 60.6 Å². The first-order chi connectivity index (χ1) is 20.8. The van der Waals surface area contributed by atoms with E-state index in [9.17, 15) is 9.59 Å². The Morgan fingerprint density at radius 3 is 2.77 bits per heavy atom. The SMILES string of the molecule is COC(=O)c1ccc2c(c1)ncn2CC[C@H]1CC(c2cccc(Cl)c2F)c2ccc(Cl)cc2NC(=O)CN1CCCSC. The van der Waals surface area contributed by atoms with Crippen molar-refractivity contribution >= 4 is 63.6 Å². The Labute approximate surface area is 264 Å². The van der Waals surface area contributed by atoms with Crippen LogP contribution in [0.15, 0.2) is 60.9 Å². The van der Waals surface area contributed by atoms with Crippen LogP contribution in [0, 0.1) is 5.82 Å². The molecule has 1 amide bonds. The minimum absolute atomic E-state index is 0.0570. The molecule has 1 aromatic heterocycles. The van der Waals surface area contributed by atoms with Gasteiger partial charge in [-0.1, -0.05) is 41.4 Å². The van der Waals surface area contributed by atoms with Crippen molar-refractivity contribution in [2.75, 3.05) is 37.5 Å². The zero-order valence-electron chi connectivity index (χ0n) is 24.0. The molecule has 0 radical (unpaired) electrons. The van der Waals surface area contributed by atoms with Gasteiger partial charge in [0, 0.05) is 29.2 Å². The third-order valence-corrected chi connectivity index (χ3v) is 9.16. The summed E-state index contributed by atoms with van der Waals surface area (Å²) >= 11 is 14.4. The van der Waals surface area contributed by atoms with Crippen LogP contribution in [0.4, 0.5) is 10.1 Å². The highest BCUT2D eigenvalue weighted by atomic mass is 35.5. The van der Waals surface area contributed by atoms with Crippen molar-refractivity contribution in [1.29, 1.82) is 0 Å². The number of benzene rings is 3. The number of fused-ring (bicyclic) bond motifs is 2. The normalized spacial score (nSPS) is 17.6. The summed E-state index contributed by atoms with van der Waals surface area (Å²) in [5.74, 6) is -0.452. The monoisotopic (exact) mass is 642 g/mol. The Bertz CT molecular complexity index is 1630. The van der Waals surface area contributed by atoms with Crippen LogP contribution in [0.2, 0.25) is 10.0 Å². The molecule has 226 valence electrons. The van der Waals surface area contributed by atoms with E-state index in [0.29, 0.717) is 53.3 Å². The predicted octanol–water partition coefficient (Wildman–Crippen LogP) is 7.26. The number of aromatic nitrogens is 2. The number of hydrogen-bond donors (Lipinski definition) is 1. The molecule has 0 fully saturated rings. The van der Waals surface area contributed by atoms with Gasteiger partial charge in [0.1, 0.15) is 5.82 Å². The molecule has 2 heterocycles. The van der Waals surface area contributed by atoms with Gasteiger partial charge >= 0.3 is 5.97 Å². The third kappa shape index (κ3) is 7.17. The van der Waals surface area contributed by atoms with E-state index in [-0.39, 0.29) is 29.4 Å². The molecule has 0 spiro atoms. The summed E-state index contributed by atoms with van der Waals surface area (Å²) in [6.45, 7) is 1.52. The number of imidazole rings is 1. The fourth-order valence-electron chi connectivity index (χ4n) is 5.83. The molecule has 1 aliphatic rings. The lowest BCUT2D eigenvalue weighted by atomic mass is 9.83. The highest BCUT2D eigenvalue weighted by molar-refractivity contribution is 7.98. The van der Waals surface area contributed by atoms with Gasteiger partial charge in [0.25, 0.3) is 0 Å². The van der Waals surface area contributed by atoms with E-state index in [4.69, 9.17) is 27.9 Å². The number of carbonyl (C=O) groups is 2. The molecule has 0 saturated heterocycles. The molecule has 11 heteroatoms. The zero-order chi connectivity index (χ0) is 30.5. The number of rotatable bonds is 9. The Kier molecular flexibility index (Phi) is 10.3. The number of methoxy groups -OCH3 is 1. The maximum atomic E-state index is 15.6. The van der Waals surface area contributed by atoms with Crippen LogP contribution in [0.5, 0.6) is 0 Å². The van der Waals surface area contributed by atoms with Crippen molar-refractivity contribution < 1.29 is 18.7 Å². The fourth-order valence-corrected chi connectivity index (χ4v) is 6.60. The lowest BCUT2D eigenvalue weighted by molar-refractivity contribution is -0.117. The van der Waals surface area contributed by atoms with Crippen LogP contribution >= 0.6 is 35.0 Å². The van der Waals surface area contributed by atoms with Crippen LogP contribution in [-0.2, 0) is 16.1 Å². The summed E-state index contributed by atoms with van der Waals surface area (Å²) in [6.07, 6.45) is 5.97. The molecule has 2 atom stereocenters. The third-order valence-electron chi connectivity index (χ3n) is 7.93. The van der Waals surface area contributed by atoms with E-state index in [0.717, 1.165) is 23.3 Å². The van der Waals surface area contributed by atoms with Crippen LogP contribution in [0.3, 0.4) is 0 Å².